The molecule has 114 valence electrons. The number of hydrogen-bond donors (Lipinski definition) is 1. The summed E-state index contributed by atoms with van der Waals surface area (Å²) in [5, 5.41) is 9.56. The zero-order valence-corrected chi connectivity index (χ0v) is 13.9. The van der Waals surface area contributed by atoms with Crippen molar-refractivity contribution in [3.63, 3.8) is 0 Å². The van der Waals surface area contributed by atoms with Gasteiger partial charge in [-0.15, -0.1) is 0 Å². The van der Waals surface area contributed by atoms with Crippen LogP contribution >= 0.6 is 0 Å². The third-order valence-corrected chi connectivity index (χ3v) is 6.17. The van der Waals surface area contributed by atoms with E-state index in [0.29, 0.717) is 6.42 Å². The van der Waals surface area contributed by atoms with E-state index in [9.17, 15) is 4.79 Å². The smallest absolute Gasteiger partial charge is 0.308 e. The third-order valence-electron chi connectivity index (χ3n) is 3.72. The Balaban J connectivity index is 3.94. The van der Waals surface area contributed by atoms with Crippen LogP contribution in [0.5, 0.6) is 0 Å². The fraction of sp³-hybridized carbons (Fsp3) is 0.938. The number of carboxylic acid groups (broad SMARTS) is 1. The normalized spacial score (nSPS) is 14.3. The number of unbranched alkanes of at least 4 members (excludes halogenated alkanes) is 5. The van der Waals surface area contributed by atoms with Crippen molar-refractivity contribution in [1.82, 2.24) is 0 Å². The van der Waals surface area contributed by atoms with Gasteiger partial charge < -0.3 is 5.11 Å². The van der Waals surface area contributed by atoms with Gasteiger partial charge in [0.2, 0.25) is 0 Å². The molecule has 0 fully saturated rings. The molecule has 2 unspecified atom stereocenters. The van der Waals surface area contributed by atoms with Crippen LogP contribution in [-0.4, -0.2) is 28.3 Å². The van der Waals surface area contributed by atoms with E-state index in [1.807, 2.05) is 0 Å². The second kappa shape index (κ2) is 12.8. The molecule has 0 aromatic rings. The van der Waals surface area contributed by atoms with Crippen molar-refractivity contribution < 1.29 is 9.90 Å². The average Bonchev–Trinajstić information content (AvgIpc) is 2.39. The first-order valence-electron chi connectivity index (χ1n) is 7.94. The molecule has 0 rings (SSSR count). The Labute approximate surface area is 122 Å². The number of carboxylic acids is 1. The fourth-order valence-electron chi connectivity index (χ4n) is 2.37. The molecule has 0 bridgehead atoms. The summed E-state index contributed by atoms with van der Waals surface area (Å²) in [5.74, 6) is 0.232. The maximum Gasteiger partial charge on any atom is 0.308 e. The van der Waals surface area contributed by atoms with Gasteiger partial charge in [-0.1, -0.05) is 46.0 Å². The summed E-state index contributed by atoms with van der Waals surface area (Å²) < 4.78 is 0. The van der Waals surface area contributed by atoms with Crippen molar-refractivity contribution in [1.29, 1.82) is 0 Å². The van der Waals surface area contributed by atoms with Gasteiger partial charge in [0, 0.05) is 0 Å². The van der Waals surface area contributed by atoms with E-state index in [1.54, 1.807) is 0 Å². The Morgan fingerprint density at radius 3 is 2.16 bits per heavy atom. The van der Waals surface area contributed by atoms with Gasteiger partial charge in [-0.05, 0) is 36.6 Å². The predicted octanol–water partition coefficient (Wildman–Crippen LogP) is 4.63. The molecule has 0 aliphatic rings. The van der Waals surface area contributed by atoms with E-state index in [0.717, 1.165) is 11.0 Å². The van der Waals surface area contributed by atoms with Crippen LogP contribution in [0.15, 0.2) is 0 Å². The van der Waals surface area contributed by atoms with E-state index < -0.39 is 5.97 Å². The number of rotatable bonds is 13. The van der Waals surface area contributed by atoms with Gasteiger partial charge in [0.25, 0.3) is 0 Å². The third kappa shape index (κ3) is 11.4. The fourth-order valence-corrected chi connectivity index (χ4v) is 4.34. The summed E-state index contributed by atoms with van der Waals surface area (Å²) in [5.41, 5.74) is 0. The molecule has 0 aliphatic carbocycles. The van der Waals surface area contributed by atoms with E-state index in [-0.39, 0.29) is 10.9 Å². The van der Waals surface area contributed by atoms with Crippen molar-refractivity contribution in [3.05, 3.63) is 0 Å². The molecule has 0 radical (unpaired) electrons. The molecule has 2 atom stereocenters. The average molecular weight is 290 g/mol. The minimum Gasteiger partial charge on any atom is -0.481 e. The summed E-state index contributed by atoms with van der Waals surface area (Å²) in [4.78, 5) is 10.7. The highest BCUT2D eigenvalue weighted by Gasteiger charge is 2.25. The van der Waals surface area contributed by atoms with Gasteiger partial charge >= 0.3 is 5.97 Å². The van der Waals surface area contributed by atoms with E-state index in [2.05, 4.69) is 20.1 Å². The summed E-state index contributed by atoms with van der Waals surface area (Å²) >= 11 is 0. The Bertz CT molecular complexity index is 219. The van der Waals surface area contributed by atoms with Gasteiger partial charge in [0.15, 0.2) is 0 Å². The predicted molar refractivity (Wildman–Crippen MR) is 87.1 cm³/mol. The van der Waals surface area contributed by atoms with Gasteiger partial charge in [0.05, 0.1) is 12.7 Å². The van der Waals surface area contributed by atoms with Gasteiger partial charge in [-0.2, -0.15) is 0 Å². The molecule has 19 heavy (non-hydrogen) atoms. The number of carbonyl (C=O) groups is 1. The standard InChI is InChI=1S/C16H32O2S/c1-4-6-8-9-10-12-15(11-7-5-2)19(3)14-13-16(17)18/h15H,4-14H2,1-3H3/p+1. The first-order valence-corrected chi connectivity index (χ1v) is 9.81. The first-order chi connectivity index (χ1) is 9.11. The van der Waals surface area contributed by atoms with Gasteiger partial charge in [-0.3, -0.25) is 4.79 Å². The molecule has 2 nitrogen and oxygen atoms in total. The highest BCUT2D eigenvalue weighted by Crippen LogP contribution is 2.20. The van der Waals surface area contributed by atoms with Crippen LogP contribution in [-0.2, 0) is 15.7 Å². The molecule has 0 aliphatic heterocycles. The van der Waals surface area contributed by atoms with Crippen LogP contribution in [0.2, 0.25) is 0 Å². The Morgan fingerprint density at radius 1 is 1.00 bits per heavy atom. The second-order valence-corrected chi connectivity index (χ2v) is 7.96. The minimum absolute atomic E-state index is 0.282. The molecular formula is C16H33O2S+. The maximum absolute atomic E-state index is 10.7. The highest BCUT2D eigenvalue weighted by molar-refractivity contribution is 7.96. The maximum atomic E-state index is 10.7. The lowest BCUT2D eigenvalue weighted by molar-refractivity contribution is -0.136. The zero-order valence-electron chi connectivity index (χ0n) is 13.1. The van der Waals surface area contributed by atoms with Crippen LogP contribution in [0.25, 0.3) is 0 Å². The molecule has 0 saturated heterocycles. The molecule has 0 heterocycles. The van der Waals surface area contributed by atoms with Crippen LogP contribution in [0, 0.1) is 0 Å². The minimum atomic E-state index is -0.642. The Morgan fingerprint density at radius 2 is 1.58 bits per heavy atom. The molecular weight excluding hydrogens is 256 g/mol. The molecule has 0 saturated carbocycles. The monoisotopic (exact) mass is 289 g/mol. The first kappa shape index (κ1) is 18.8. The van der Waals surface area contributed by atoms with Crippen molar-refractivity contribution in [2.45, 2.75) is 83.3 Å². The lowest BCUT2D eigenvalue weighted by Gasteiger charge is -2.16. The van der Waals surface area contributed by atoms with Gasteiger partial charge in [0.1, 0.15) is 11.0 Å². The van der Waals surface area contributed by atoms with Crippen LogP contribution in [0.3, 0.4) is 0 Å². The van der Waals surface area contributed by atoms with Crippen LogP contribution < -0.4 is 0 Å². The van der Waals surface area contributed by atoms with Gasteiger partial charge in [-0.25, -0.2) is 0 Å². The molecule has 0 aromatic carbocycles. The molecule has 0 aromatic heterocycles. The van der Waals surface area contributed by atoms with Crippen molar-refractivity contribution in [3.8, 4) is 0 Å². The van der Waals surface area contributed by atoms with Crippen molar-refractivity contribution in [2.75, 3.05) is 12.0 Å². The zero-order chi connectivity index (χ0) is 14.5. The summed E-state index contributed by atoms with van der Waals surface area (Å²) in [7, 11) is 0.282. The Hall–Kier alpha value is -0.180. The van der Waals surface area contributed by atoms with Crippen molar-refractivity contribution >= 4 is 16.9 Å². The van der Waals surface area contributed by atoms with Crippen molar-refractivity contribution in [2.24, 2.45) is 0 Å². The second-order valence-electron chi connectivity index (χ2n) is 5.51. The largest absolute Gasteiger partial charge is 0.481 e. The lowest BCUT2D eigenvalue weighted by atomic mass is 10.1. The topological polar surface area (TPSA) is 37.3 Å². The summed E-state index contributed by atoms with van der Waals surface area (Å²) in [6, 6.07) is 0. The van der Waals surface area contributed by atoms with E-state index >= 15 is 0 Å². The van der Waals surface area contributed by atoms with Crippen LogP contribution in [0.1, 0.15) is 78.1 Å². The molecule has 0 amide bonds. The summed E-state index contributed by atoms with van der Waals surface area (Å²) in [6.07, 6.45) is 14.5. The number of aliphatic carboxylic acids is 1. The van der Waals surface area contributed by atoms with E-state index in [4.69, 9.17) is 5.11 Å². The molecule has 0 spiro atoms. The van der Waals surface area contributed by atoms with Crippen LogP contribution in [0.4, 0.5) is 0 Å². The SMILES string of the molecule is CCCCCCCC(CCCC)[S+](C)CCC(=O)O. The highest BCUT2D eigenvalue weighted by atomic mass is 32.2. The molecule has 1 N–H and O–H groups in total. The van der Waals surface area contributed by atoms with E-state index in [1.165, 1.54) is 57.8 Å². The molecule has 3 heteroatoms. The lowest BCUT2D eigenvalue weighted by Crippen LogP contribution is -2.24. The quantitative estimate of drug-likeness (QED) is 0.396. The number of hydrogen-bond acceptors (Lipinski definition) is 1. The Kier molecular flexibility index (Phi) is 12.7. The summed E-state index contributed by atoms with van der Waals surface area (Å²) in [6.45, 7) is 4.49.